The van der Waals surface area contributed by atoms with E-state index in [9.17, 15) is 0 Å². The standard InChI is InChI=1S/C41H28N8O.Pt/c1-41(2,3)27-14-16-34-32(20-27)45-39-44-24-26-23-43-31(22-36(26)47(34)39)25-9-8-10-28(19-25)50-29-15-17-35-37(21-29)49(38-13-6-7-18-42-38)40-46-30-11-4-5-12-33(30)48(35)40;/h4-18,20,22-24H,1-3H3;/q-2;+2. The van der Waals surface area contributed by atoms with Crippen molar-refractivity contribution in [3.8, 4) is 28.6 Å². The first-order valence-corrected chi connectivity index (χ1v) is 16.4. The normalized spacial score (nSPS) is 12.1. The van der Waals surface area contributed by atoms with Gasteiger partial charge in [0, 0.05) is 35.5 Å². The molecule has 9 nitrogen and oxygen atoms in total. The van der Waals surface area contributed by atoms with Crippen LogP contribution in [0.15, 0.2) is 116 Å². The van der Waals surface area contributed by atoms with Gasteiger partial charge in [0.05, 0.1) is 27.6 Å². The number of pyridine rings is 2. The Labute approximate surface area is 306 Å². The Hall–Kier alpha value is -5.92. The topological polar surface area (TPSA) is 87.4 Å². The number of nitrogens with zero attached hydrogens (tertiary/aromatic N) is 8. The van der Waals surface area contributed by atoms with Gasteiger partial charge in [0.2, 0.25) is 11.6 Å². The smallest absolute Gasteiger partial charge is 0.503 e. The fourth-order valence-electron chi connectivity index (χ4n) is 6.73. The number of fused-ring (bicyclic) bond motifs is 10. The summed E-state index contributed by atoms with van der Waals surface area (Å²) in [6, 6.07) is 39.2. The Kier molecular flexibility index (Phi) is 7.05. The van der Waals surface area contributed by atoms with E-state index in [0.29, 0.717) is 17.3 Å². The minimum absolute atomic E-state index is 0. The fraction of sp³-hybridized carbons (Fsp3) is 0.0976. The van der Waals surface area contributed by atoms with Crippen LogP contribution in [0.25, 0.3) is 72.6 Å². The first kappa shape index (κ1) is 31.1. The van der Waals surface area contributed by atoms with Crippen LogP contribution in [0.1, 0.15) is 26.3 Å². The molecule has 0 spiro atoms. The zero-order chi connectivity index (χ0) is 33.6. The summed E-state index contributed by atoms with van der Waals surface area (Å²) < 4.78 is 12.7. The summed E-state index contributed by atoms with van der Waals surface area (Å²) in [6.45, 7) is 6.63. The molecule has 0 saturated carbocycles. The van der Waals surface area contributed by atoms with Crippen LogP contribution < -0.4 is 4.74 Å². The molecule has 0 radical (unpaired) electrons. The molecular weight excluding hydrogens is 816 g/mol. The maximum absolute atomic E-state index is 6.41. The van der Waals surface area contributed by atoms with Crippen LogP contribution in [0.2, 0.25) is 0 Å². The van der Waals surface area contributed by atoms with E-state index in [2.05, 4.69) is 82.0 Å². The third-order valence-corrected chi connectivity index (χ3v) is 9.20. The van der Waals surface area contributed by atoms with Gasteiger partial charge < -0.3 is 14.1 Å². The molecule has 4 aromatic carbocycles. The summed E-state index contributed by atoms with van der Waals surface area (Å²) in [5, 5.41) is 0.922. The van der Waals surface area contributed by atoms with Gasteiger partial charge in [-0.3, -0.25) is 8.97 Å². The molecule has 6 aromatic heterocycles. The van der Waals surface area contributed by atoms with Crippen molar-refractivity contribution in [1.29, 1.82) is 0 Å². The molecule has 6 heterocycles. The number of benzene rings is 4. The summed E-state index contributed by atoms with van der Waals surface area (Å²) in [5.41, 5.74) is 9.40. The Morgan fingerprint density at radius 3 is 2.31 bits per heavy atom. The van der Waals surface area contributed by atoms with Crippen molar-refractivity contribution in [1.82, 2.24) is 38.3 Å². The van der Waals surface area contributed by atoms with Crippen LogP contribution in [0.4, 0.5) is 0 Å². The van der Waals surface area contributed by atoms with Crippen molar-refractivity contribution >= 4 is 55.6 Å². The van der Waals surface area contributed by atoms with Crippen LogP contribution in [0.5, 0.6) is 11.5 Å². The predicted molar refractivity (Wildman–Crippen MR) is 195 cm³/mol. The zero-order valence-corrected chi connectivity index (χ0v) is 30.0. The van der Waals surface area contributed by atoms with Crippen molar-refractivity contribution < 1.29 is 25.8 Å². The molecule has 0 aliphatic carbocycles. The van der Waals surface area contributed by atoms with Crippen LogP contribution in [-0.2, 0) is 26.5 Å². The van der Waals surface area contributed by atoms with Gasteiger partial charge in [-0.1, -0.05) is 57.2 Å². The molecule has 0 N–H and O–H groups in total. The summed E-state index contributed by atoms with van der Waals surface area (Å²) >= 11 is 0. The largest absolute Gasteiger partial charge is 2.00 e. The molecule has 0 saturated heterocycles. The van der Waals surface area contributed by atoms with Gasteiger partial charge in [0.1, 0.15) is 5.82 Å². The summed E-state index contributed by atoms with van der Waals surface area (Å²) in [5.74, 6) is 3.25. The summed E-state index contributed by atoms with van der Waals surface area (Å²) in [6.07, 6.45) is 5.46. The molecule has 0 atom stereocenters. The molecule has 0 aliphatic rings. The molecule has 0 aliphatic heterocycles. The van der Waals surface area contributed by atoms with Gasteiger partial charge in [-0.25, -0.2) is 19.9 Å². The third kappa shape index (κ3) is 4.99. The number of hydrogen-bond acceptors (Lipinski definition) is 6. The maximum Gasteiger partial charge on any atom is 2.00 e. The van der Waals surface area contributed by atoms with E-state index in [4.69, 9.17) is 19.7 Å². The summed E-state index contributed by atoms with van der Waals surface area (Å²) in [4.78, 5) is 23.9. The van der Waals surface area contributed by atoms with Gasteiger partial charge in [0.15, 0.2) is 0 Å². The van der Waals surface area contributed by atoms with E-state index in [1.165, 1.54) is 5.56 Å². The molecule has 10 aromatic rings. The Morgan fingerprint density at radius 2 is 1.45 bits per heavy atom. The van der Waals surface area contributed by atoms with E-state index in [-0.39, 0.29) is 26.5 Å². The second-order valence-electron chi connectivity index (χ2n) is 13.4. The number of para-hydroxylation sites is 2. The van der Waals surface area contributed by atoms with Crippen LogP contribution in [0.3, 0.4) is 0 Å². The van der Waals surface area contributed by atoms with E-state index in [1.807, 2.05) is 83.7 Å². The van der Waals surface area contributed by atoms with Gasteiger partial charge >= 0.3 is 21.1 Å². The van der Waals surface area contributed by atoms with E-state index in [0.717, 1.165) is 66.9 Å². The fourth-order valence-corrected chi connectivity index (χ4v) is 6.73. The van der Waals surface area contributed by atoms with E-state index < -0.39 is 0 Å². The molecule has 248 valence electrons. The van der Waals surface area contributed by atoms with Gasteiger partial charge in [-0.2, -0.15) is 0 Å². The van der Waals surface area contributed by atoms with E-state index >= 15 is 0 Å². The van der Waals surface area contributed by atoms with Gasteiger partial charge in [-0.15, -0.1) is 42.0 Å². The second-order valence-corrected chi connectivity index (χ2v) is 13.4. The quantitative estimate of drug-likeness (QED) is 0.165. The number of imidazole rings is 3. The zero-order valence-electron chi connectivity index (χ0n) is 27.8. The van der Waals surface area contributed by atoms with Crippen LogP contribution in [-0.4, -0.2) is 38.3 Å². The molecular formula is C41H28N8OPt. The molecule has 10 rings (SSSR count). The van der Waals surface area contributed by atoms with Crippen molar-refractivity contribution in [2.75, 3.05) is 0 Å². The number of ether oxygens (including phenoxy) is 1. The molecule has 0 unspecified atom stereocenters. The average Bonchev–Trinajstić information content (AvgIpc) is 3.79. The first-order valence-electron chi connectivity index (χ1n) is 16.4. The van der Waals surface area contributed by atoms with Gasteiger partial charge in [0.25, 0.3) is 0 Å². The minimum atomic E-state index is 0. The van der Waals surface area contributed by atoms with Crippen LogP contribution >= 0.6 is 0 Å². The Bertz CT molecular complexity index is 2960. The predicted octanol–water partition coefficient (Wildman–Crippen LogP) is 8.93. The number of aromatic nitrogens is 8. The third-order valence-electron chi connectivity index (χ3n) is 9.20. The molecule has 0 amide bonds. The van der Waals surface area contributed by atoms with Crippen LogP contribution in [0, 0.1) is 12.1 Å². The number of rotatable bonds is 4. The molecule has 0 fully saturated rings. The molecule has 10 heteroatoms. The van der Waals surface area contributed by atoms with Crippen molar-refractivity contribution in [3.63, 3.8) is 0 Å². The summed E-state index contributed by atoms with van der Waals surface area (Å²) in [7, 11) is 0. The maximum atomic E-state index is 6.41. The van der Waals surface area contributed by atoms with E-state index in [1.54, 1.807) is 6.20 Å². The Morgan fingerprint density at radius 1 is 0.647 bits per heavy atom. The average molecular weight is 844 g/mol. The SMILES string of the molecule is CC(C)(C)c1ccc2c(c1)nc1ncc3cnc(-c4[c-]c(Oc5[c-]c6c(cc5)n5c7ccccc7nc5n6-c5ccccn5)ccc4)cc3n12.[Pt+2]. The monoisotopic (exact) mass is 843 g/mol. The second kappa shape index (κ2) is 11.6. The molecule has 0 bridgehead atoms. The van der Waals surface area contributed by atoms with Crippen molar-refractivity contribution in [2.45, 2.75) is 26.2 Å². The minimum Gasteiger partial charge on any atom is -0.503 e. The van der Waals surface area contributed by atoms with Gasteiger partial charge in [-0.05, 0) is 64.1 Å². The molecule has 51 heavy (non-hydrogen) atoms. The number of hydrogen-bond donors (Lipinski definition) is 0. The Balaban J connectivity index is 0.00000348. The van der Waals surface area contributed by atoms with Crippen molar-refractivity contribution in [2.24, 2.45) is 0 Å². The first-order chi connectivity index (χ1) is 24.4. The van der Waals surface area contributed by atoms with Crippen molar-refractivity contribution in [3.05, 3.63) is 133 Å².